The van der Waals surface area contributed by atoms with Gasteiger partial charge in [0.15, 0.2) is 0 Å². The first kappa shape index (κ1) is 19.8. The molecule has 1 aliphatic heterocycles. The molecule has 8 heteroatoms. The predicted molar refractivity (Wildman–Crippen MR) is 85.7 cm³/mol. The van der Waals surface area contributed by atoms with Gasteiger partial charge in [0.25, 0.3) is 0 Å². The molecule has 0 aromatic heterocycles. The number of rotatable bonds is 2. The summed E-state index contributed by atoms with van der Waals surface area (Å²) in [7, 11) is 0. The molecule has 1 aliphatic rings. The van der Waals surface area contributed by atoms with E-state index in [0.717, 1.165) is 16.1 Å². The third kappa shape index (κ3) is 5.75. The number of ether oxygens (including phenoxy) is 3. The van der Waals surface area contributed by atoms with E-state index in [9.17, 15) is 14.4 Å². The highest BCUT2D eigenvalue weighted by Crippen LogP contribution is 2.27. The minimum Gasteiger partial charge on any atom is -0.463 e. The lowest BCUT2D eigenvalue weighted by Crippen LogP contribution is -2.61. The molecule has 0 unspecified atom stereocenters. The first-order valence-corrected chi connectivity index (χ1v) is 7.75. The van der Waals surface area contributed by atoms with E-state index in [1.165, 1.54) is 0 Å². The van der Waals surface area contributed by atoms with Gasteiger partial charge in [0.1, 0.15) is 11.2 Å². The average Bonchev–Trinajstić information content (AvgIpc) is 2.29. The normalized spacial score (nSPS) is 16.5. The van der Waals surface area contributed by atoms with Crippen LogP contribution >= 0.6 is 0 Å². The summed E-state index contributed by atoms with van der Waals surface area (Å²) >= 11 is 0. The number of hydrogen-bond acceptors (Lipinski definition) is 6. The maximum absolute atomic E-state index is 12.3. The molecule has 0 aromatic rings. The van der Waals surface area contributed by atoms with Crippen molar-refractivity contribution >= 4 is 18.2 Å². The molecule has 0 bridgehead atoms. The van der Waals surface area contributed by atoms with E-state index in [1.807, 2.05) is 0 Å². The van der Waals surface area contributed by atoms with Crippen molar-refractivity contribution in [1.29, 1.82) is 0 Å². The quantitative estimate of drug-likeness (QED) is 0.436. The molecule has 0 aliphatic carbocycles. The smallest absolute Gasteiger partial charge is 0.434 e. The fourth-order valence-electron chi connectivity index (χ4n) is 1.78. The van der Waals surface area contributed by atoms with Crippen LogP contribution in [0.1, 0.15) is 48.5 Å². The van der Waals surface area contributed by atoms with Crippen LogP contribution in [0.15, 0.2) is 11.8 Å². The van der Waals surface area contributed by atoms with Gasteiger partial charge in [-0.05, 0) is 48.5 Å². The van der Waals surface area contributed by atoms with E-state index in [0.29, 0.717) is 5.70 Å². The van der Waals surface area contributed by atoms with E-state index in [-0.39, 0.29) is 13.2 Å². The third-order valence-electron chi connectivity index (χ3n) is 2.57. The van der Waals surface area contributed by atoms with Crippen molar-refractivity contribution in [2.24, 2.45) is 0 Å². The fourth-order valence-corrected chi connectivity index (χ4v) is 1.78. The zero-order valence-electron chi connectivity index (χ0n) is 15.3. The molecule has 0 spiro atoms. The maximum Gasteiger partial charge on any atom is 0.434 e. The zero-order valence-corrected chi connectivity index (χ0v) is 15.3. The molecule has 8 nitrogen and oxygen atoms in total. The van der Waals surface area contributed by atoms with Gasteiger partial charge in [0.05, 0.1) is 18.8 Å². The van der Waals surface area contributed by atoms with Gasteiger partial charge in [-0.3, -0.25) is 0 Å². The summed E-state index contributed by atoms with van der Waals surface area (Å²) in [6, 6.07) is 0. The van der Waals surface area contributed by atoms with Crippen molar-refractivity contribution in [3.63, 3.8) is 0 Å². The zero-order chi connectivity index (χ0) is 18.7. The average molecular weight is 342 g/mol. The Balaban J connectivity index is 2.96. The Morgan fingerprint density at radius 1 is 1.00 bits per heavy atom. The standard InChI is InChI=1S/C16H26N2O6/c1-8-22-12(19)9-11-10-17(13(20)23-15(2,3)4)18(11)14(21)24-16(5,6)7/h9H,8,10H2,1-7H3/b11-9-. The Bertz CT molecular complexity index is 542. The molecular formula is C16H26N2O6. The van der Waals surface area contributed by atoms with Gasteiger partial charge in [-0.2, -0.15) is 5.01 Å². The molecule has 1 fully saturated rings. The first-order valence-electron chi connectivity index (χ1n) is 7.75. The van der Waals surface area contributed by atoms with Crippen LogP contribution in [0.25, 0.3) is 0 Å². The number of carbonyl (C=O) groups is 3. The predicted octanol–water partition coefficient (Wildman–Crippen LogP) is 2.84. The van der Waals surface area contributed by atoms with Crippen molar-refractivity contribution in [2.75, 3.05) is 13.2 Å². The van der Waals surface area contributed by atoms with Gasteiger partial charge in [0.2, 0.25) is 0 Å². The summed E-state index contributed by atoms with van der Waals surface area (Å²) in [6.07, 6.45) is -0.307. The van der Waals surface area contributed by atoms with Crippen LogP contribution in [0.3, 0.4) is 0 Å². The highest BCUT2D eigenvalue weighted by molar-refractivity contribution is 5.86. The molecule has 136 valence electrons. The van der Waals surface area contributed by atoms with E-state index in [2.05, 4.69) is 0 Å². The second-order valence-electron chi connectivity index (χ2n) is 7.22. The molecule has 1 rings (SSSR count). The number of amides is 2. The topological polar surface area (TPSA) is 85.4 Å². The molecule has 0 radical (unpaired) electrons. The molecule has 24 heavy (non-hydrogen) atoms. The Morgan fingerprint density at radius 2 is 1.50 bits per heavy atom. The lowest BCUT2D eigenvalue weighted by molar-refractivity contribution is -0.138. The Kier molecular flexibility index (Phi) is 5.86. The SMILES string of the molecule is CCOC(=O)/C=C1/CN(C(=O)OC(C)(C)C)N1C(=O)OC(C)(C)C. The van der Waals surface area contributed by atoms with Gasteiger partial charge in [-0.1, -0.05) is 0 Å². The second-order valence-corrected chi connectivity index (χ2v) is 7.22. The number of hydrazine groups is 1. The van der Waals surface area contributed by atoms with E-state index >= 15 is 0 Å². The van der Waals surface area contributed by atoms with Gasteiger partial charge < -0.3 is 14.2 Å². The van der Waals surface area contributed by atoms with E-state index < -0.39 is 29.4 Å². The highest BCUT2D eigenvalue weighted by atomic mass is 16.6. The van der Waals surface area contributed by atoms with Crippen LogP contribution in [0, 0.1) is 0 Å². The number of carbonyl (C=O) groups excluding carboxylic acids is 3. The van der Waals surface area contributed by atoms with Crippen molar-refractivity contribution in [2.45, 2.75) is 59.7 Å². The summed E-state index contributed by atoms with van der Waals surface area (Å²) in [5.41, 5.74) is -1.16. The van der Waals surface area contributed by atoms with Crippen LogP contribution in [0.4, 0.5) is 9.59 Å². The van der Waals surface area contributed by atoms with Gasteiger partial charge >= 0.3 is 18.2 Å². The molecule has 2 amide bonds. The molecule has 1 saturated heterocycles. The van der Waals surface area contributed by atoms with E-state index in [1.54, 1.807) is 48.5 Å². The Morgan fingerprint density at radius 3 is 1.96 bits per heavy atom. The lowest BCUT2D eigenvalue weighted by atomic mass is 10.2. The van der Waals surface area contributed by atoms with Crippen LogP contribution in [-0.2, 0) is 19.0 Å². The summed E-state index contributed by atoms with van der Waals surface area (Å²) in [4.78, 5) is 36.1. The summed E-state index contributed by atoms with van der Waals surface area (Å²) in [6.45, 7) is 12.2. The van der Waals surface area contributed by atoms with Crippen LogP contribution in [0.2, 0.25) is 0 Å². The Hall–Kier alpha value is -2.25. The first-order chi connectivity index (χ1) is 10.8. The molecular weight excluding hydrogens is 316 g/mol. The molecule has 0 atom stereocenters. The number of esters is 1. The highest BCUT2D eigenvalue weighted by Gasteiger charge is 2.44. The lowest BCUT2D eigenvalue weighted by Gasteiger charge is -2.45. The molecule has 0 N–H and O–H groups in total. The van der Waals surface area contributed by atoms with Crippen molar-refractivity contribution in [3.05, 3.63) is 11.8 Å². The number of hydrogen-bond donors (Lipinski definition) is 0. The molecule has 0 aromatic carbocycles. The monoisotopic (exact) mass is 342 g/mol. The maximum atomic E-state index is 12.3. The van der Waals surface area contributed by atoms with Gasteiger partial charge in [0, 0.05) is 6.08 Å². The van der Waals surface area contributed by atoms with Crippen molar-refractivity contribution in [1.82, 2.24) is 10.0 Å². The van der Waals surface area contributed by atoms with Gasteiger partial charge in [-0.15, -0.1) is 0 Å². The van der Waals surface area contributed by atoms with Crippen LogP contribution < -0.4 is 0 Å². The summed E-state index contributed by atoms with van der Waals surface area (Å²) in [5.74, 6) is -0.593. The van der Waals surface area contributed by atoms with Crippen LogP contribution in [-0.4, -0.2) is 52.5 Å². The second kappa shape index (κ2) is 7.11. The fraction of sp³-hybridized carbons (Fsp3) is 0.688. The van der Waals surface area contributed by atoms with E-state index in [4.69, 9.17) is 14.2 Å². The summed E-state index contributed by atoms with van der Waals surface area (Å²) < 4.78 is 15.3. The third-order valence-corrected chi connectivity index (χ3v) is 2.57. The number of nitrogens with zero attached hydrogens (tertiary/aromatic N) is 2. The largest absolute Gasteiger partial charge is 0.463 e. The summed E-state index contributed by atoms with van der Waals surface area (Å²) in [5, 5.41) is 2.06. The minimum absolute atomic E-state index is 0.0486. The van der Waals surface area contributed by atoms with Crippen LogP contribution in [0.5, 0.6) is 0 Å². The molecule has 1 heterocycles. The van der Waals surface area contributed by atoms with Crippen molar-refractivity contribution < 1.29 is 28.6 Å². The van der Waals surface area contributed by atoms with Crippen molar-refractivity contribution in [3.8, 4) is 0 Å². The Labute approximate surface area is 142 Å². The van der Waals surface area contributed by atoms with Gasteiger partial charge in [-0.25, -0.2) is 19.4 Å². The minimum atomic E-state index is -0.768. The molecule has 0 saturated carbocycles.